The Balaban J connectivity index is 2.02. The fourth-order valence-corrected chi connectivity index (χ4v) is 4.34. The van der Waals surface area contributed by atoms with Crippen molar-refractivity contribution in [3.8, 4) is 16.8 Å². The van der Waals surface area contributed by atoms with Crippen molar-refractivity contribution in [1.82, 2.24) is 14.8 Å². The van der Waals surface area contributed by atoms with E-state index in [4.69, 9.17) is 23.1 Å². The average Bonchev–Trinajstić information content (AvgIpc) is 2.93. The Morgan fingerprint density at radius 2 is 1.85 bits per heavy atom. The summed E-state index contributed by atoms with van der Waals surface area (Å²) in [5.41, 5.74) is 12.0. The zero-order chi connectivity index (χ0) is 19.8. The molecule has 0 amide bonds. The summed E-state index contributed by atoms with van der Waals surface area (Å²) in [5.74, 6) is -0.605. The molecule has 3 rings (SSSR count). The number of hydrogen-bond acceptors (Lipinski definition) is 6. The van der Waals surface area contributed by atoms with Crippen molar-refractivity contribution in [2.45, 2.75) is 18.2 Å². The minimum Gasteiger partial charge on any atom is -0.368 e. The van der Waals surface area contributed by atoms with Gasteiger partial charge in [0.25, 0.3) is 0 Å². The predicted octanol–water partition coefficient (Wildman–Crippen LogP) is 3.07. The van der Waals surface area contributed by atoms with E-state index in [2.05, 4.69) is 10.1 Å². The molecule has 0 unspecified atom stereocenters. The lowest BCUT2D eigenvalue weighted by molar-refractivity contribution is 0.595. The van der Waals surface area contributed by atoms with Crippen LogP contribution in [0.25, 0.3) is 16.8 Å². The fourth-order valence-electron chi connectivity index (χ4n) is 2.70. The Morgan fingerprint density at radius 3 is 2.37 bits per heavy atom. The number of nitrogens with two attached hydrogens (primary N) is 2. The van der Waals surface area contributed by atoms with Gasteiger partial charge in [0.15, 0.2) is 9.84 Å². The van der Waals surface area contributed by atoms with Crippen LogP contribution in [0.1, 0.15) is 13.3 Å². The molecule has 0 spiro atoms. The summed E-state index contributed by atoms with van der Waals surface area (Å²) >= 11 is 6.27. The first-order chi connectivity index (χ1) is 12.7. The highest BCUT2D eigenvalue weighted by Gasteiger charge is 2.17. The summed E-state index contributed by atoms with van der Waals surface area (Å²) < 4.78 is 40.1. The summed E-state index contributed by atoms with van der Waals surface area (Å²) in [6.45, 7) is 1.79. The molecule has 2 aromatic carbocycles. The number of nitrogen functional groups attached to an aromatic ring is 2. The highest BCUT2D eigenvalue weighted by molar-refractivity contribution is 7.91. The monoisotopic (exact) mass is 409 g/mol. The first-order valence-corrected chi connectivity index (χ1v) is 10.1. The van der Waals surface area contributed by atoms with Crippen molar-refractivity contribution < 1.29 is 12.8 Å². The SMILES string of the molecule is CCCS(=O)(=O)c1ccc(-c2c(F)cc(-n3nc(N)nc3N)cc2Cl)cc1. The number of anilines is 2. The minimum absolute atomic E-state index is 0.00111. The van der Waals surface area contributed by atoms with E-state index in [1.54, 1.807) is 6.92 Å². The Bertz CT molecular complexity index is 1070. The van der Waals surface area contributed by atoms with Crippen molar-refractivity contribution in [1.29, 1.82) is 0 Å². The van der Waals surface area contributed by atoms with Gasteiger partial charge in [0.1, 0.15) is 5.82 Å². The van der Waals surface area contributed by atoms with Crippen molar-refractivity contribution in [3.05, 3.63) is 47.2 Å². The van der Waals surface area contributed by atoms with E-state index >= 15 is 0 Å². The van der Waals surface area contributed by atoms with Gasteiger partial charge in [-0.25, -0.2) is 12.8 Å². The lowest BCUT2D eigenvalue weighted by atomic mass is 10.0. The molecule has 4 N–H and O–H groups in total. The average molecular weight is 410 g/mol. The number of aromatic nitrogens is 3. The normalized spacial score (nSPS) is 11.7. The van der Waals surface area contributed by atoms with Gasteiger partial charge in [-0.2, -0.15) is 9.67 Å². The number of benzene rings is 2. The first-order valence-electron chi connectivity index (χ1n) is 8.03. The van der Waals surface area contributed by atoms with Gasteiger partial charge in [-0.3, -0.25) is 0 Å². The topological polar surface area (TPSA) is 117 Å². The third kappa shape index (κ3) is 3.74. The molecule has 7 nitrogen and oxygen atoms in total. The molecule has 0 atom stereocenters. The van der Waals surface area contributed by atoms with Crippen LogP contribution < -0.4 is 11.5 Å². The summed E-state index contributed by atoms with van der Waals surface area (Å²) in [4.78, 5) is 3.95. The molecule has 3 aromatic rings. The molecular formula is C17H17ClFN5O2S. The van der Waals surface area contributed by atoms with Crippen LogP contribution in [0.2, 0.25) is 5.02 Å². The Kier molecular flexibility index (Phi) is 5.07. The molecule has 0 saturated carbocycles. The molecule has 27 heavy (non-hydrogen) atoms. The molecule has 142 valence electrons. The zero-order valence-corrected chi connectivity index (χ0v) is 15.9. The van der Waals surface area contributed by atoms with Gasteiger partial charge < -0.3 is 11.5 Å². The quantitative estimate of drug-likeness (QED) is 0.668. The van der Waals surface area contributed by atoms with E-state index in [9.17, 15) is 12.8 Å². The molecule has 1 aromatic heterocycles. The zero-order valence-electron chi connectivity index (χ0n) is 14.4. The van der Waals surface area contributed by atoms with Crippen LogP contribution in [0.15, 0.2) is 41.3 Å². The third-order valence-corrected chi connectivity index (χ3v) is 6.13. The van der Waals surface area contributed by atoms with E-state index < -0.39 is 15.7 Å². The smallest absolute Gasteiger partial charge is 0.241 e. The Hall–Kier alpha value is -2.65. The van der Waals surface area contributed by atoms with E-state index in [1.165, 1.54) is 41.1 Å². The largest absolute Gasteiger partial charge is 0.368 e. The van der Waals surface area contributed by atoms with Crippen LogP contribution in [0.4, 0.5) is 16.3 Å². The molecule has 0 fully saturated rings. The summed E-state index contributed by atoms with van der Waals surface area (Å²) in [7, 11) is -3.35. The van der Waals surface area contributed by atoms with E-state index in [0.29, 0.717) is 12.0 Å². The van der Waals surface area contributed by atoms with Gasteiger partial charge in [-0.1, -0.05) is 30.7 Å². The first kappa shape index (κ1) is 19.1. The standard InChI is InChI=1S/C17H17ClFN5O2S/c1-2-7-27(25,26)12-5-3-10(4-6-12)15-13(18)8-11(9-14(15)19)24-17(21)22-16(20)23-24/h3-6,8-9H,2,7H2,1H3,(H4,20,21,22,23). The second-order valence-corrected chi connectivity index (χ2v) is 8.38. The van der Waals surface area contributed by atoms with Crippen molar-refractivity contribution in [2.75, 3.05) is 17.2 Å². The van der Waals surface area contributed by atoms with Crippen LogP contribution in [0.3, 0.4) is 0 Å². The highest BCUT2D eigenvalue weighted by Crippen LogP contribution is 2.34. The molecule has 0 aliphatic heterocycles. The van der Waals surface area contributed by atoms with Gasteiger partial charge >= 0.3 is 0 Å². The van der Waals surface area contributed by atoms with E-state index in [1.807, 2.05) is 0 Å². The Morgan fingerprint density at radius 1 is 1.19 bits per heavy atom. The van der Waals surface area contributed by atoms with Crippen molar-refractivity contribution in [3.63, 3.8) is 0 Å². The van der Waals surface area contributed by atoms with Crippen LogP contribution in [0.5, 0.6) is 0 Å². The number of halogens is 2. The molecular weight excluding hydrogens is 393 g/mol. The maximum atomic E-state index is 14.7. The molecule has 0 saturated heterocycles. The predicted molar refractivity (Wildman–Crippen MR) is 103 cm³/mol. The second kappa shape index (κ2) is 7.16. The van der Waals surface area contributed by atoms with Gasteiger partial charge in [-0.15, -0.1) is 5.10 Å². The maximum Gasteiger partial charge on any atom is 0.241 e. The van der Waals surface area contributed by atoms with Crippen LogP contribution >= 0.6 is 11.6 Å². The second-order valence-electron chi connectivity index (χ2n) is 5.87. The van der Waals surface area contributed by atoms with Crippen LogP contribution in [0, 0.1) is 5.82 Å². The molecule has 1 heterocycles. The fraction of sp³-hybridized carbons (Fsp3) is 0.176. The van der Waals surface area contributed by atoms with Gasteiger partial charge in [-0.05, 0) is 30.2 Å². The molecule has 0 aliphatic rings. The molecule has 0 radical (unpaired) electrons. The van der Waals surface area contributed by atoms with Crippen LogP contribution in [-0.4, -0.2) is 28.9 Å². The van der Waals surface area contributed by atoms with Crippen molar-refractivity contribution >= 4 is 33.3 Å². The van der Waals surface area contributed by atoms with E-state index in [0.717, 1.165) is 0 Å². The number of rotatable bonds is 5. The highest BCUT2D eigenvalue weighted by atomic mass is 35.5. The molecule has 10 heteroatoms. The van der Waals surface area contributed by atoms with E-state index in [-0.39, 0.29) is 38.8 Å². The number of hydrogen-bond donors (Lipinski definition) is 2. The van der Waals surface area contributed by atoms with Gasteiger partial charge in [0.05, 0.1) is 21.4 Å². The van der Waals surface area contributed by atoms with Crippen molar-refractivity contribution in [2.24, 2.45) is 0 Å². The Labute approximate surface area is 160 Å². The van der Waals surface area contributed by atoms with Gasteiger partial charge in [0.2, 0.25) is 11.9 Å². The number of sulfone groups is 1. The number of nitrogens with zero attached hydrogens (tertiary/aromatic N) is 3. The maximum absolute atomic E-state index is 14.7. The minimum atomic E-state index is -3.35. The van der Waals surface area contributed by atoms with Gasteiger partial charge in [0, 0.05) is 11.6 Å². The summed E-state index contributed by atoms with van der Waals surface area (Å²) in [6.07, 6.45) is 0.516. The molecule has 0 aliphatic carbocycles. The lowest BCUT2D eigenvalue weighted by Gasteiger charge is -2.11. The third-order valence-electron chi connectivity index (χ3n) is 3.89. The lowest BCUT2D eigenvalue weighted by Crippen LogP contribution is -2.05. The molecule has 0 bridgehead atoms. The summed E-state index contributed by atoms with van der Waals surface area (Å²) in [5, 5.41) is 4.00. The summed E-state index contributed by atoms with van der Waals surface area (Å²) in [6, 6.07) is 8.61. The van der Waals surface area contributed by atoms with Crippen LogP contribution in [-0.2, 0) is 9.84 Å².